The molecule has 1 saturated carbocycles. The maximum absolute atomic E-state index is 13.7. The Hall–Kier alpha value is -3.07. The van der Waals surface area contributed by atoms with Gasteiger partial charge in [-0.1, -0.05) is 49.6 Å². The van der Waals surface area contributed by atoms with Crippen LogP contribution in [-0.2, 0) is 19.1 Å². The van der Waals surface area contributed by atoms with Crippen LogP contribution in [0.3, 0.4) is 0 Å². The average Bonchev–Trinajstić information content (AvgIpc) is 3.20. The number of rotatable bonds is 3. The summed E-state index contributed by atoms with van der Waals surface area (Å²) in [4.78, 5) is 55.3. The van der Waals surface area contributed by atoms with Crippen LogP contribution in [-0.4, -0.2) is 58.5 Å². The van der Waals surface area contributed by atoms with Gasteiger partial charge >= 0.3 is 6.09 Å². The zero-order valence-electron chi connectivity index (χ0n) is 23.8. The Kier molecular flexibility index (Phi) is 8.83. The van der Waals surface area contributed by atoms with Crippen LogP contribution >= 0.6 is 11.6 Å². The van der Waals surface area contributed by atoms with Crippen LogP contribution in [0.4, 0.5) is 10.5 Å². The van der Waals surface area contributed by atoms with Crippen molar-refractivity contribution in [3.63, 3.8) is 0 Å². The summed E-state index contributed by atoms with van der Waals surface area (Å²) in [5, 5.41) is 9.22. The van der Waals surface area contributed by atoms with Crippen LogP contribution in [0.25, 0.3) is 0 Å². The SMILES string of the molecule is CC(C)(C)OC(=O)N[C@H]1CCCCC/C=C\C2(C)C[C@@]2(C(=O)Nc2cccc(Cl)c2)NC(=O)[C@@H]2CCCN2C1=O. The minimum atomic E-state index is -1.16. The Morgan fingerprint density at radius 3 is 2.62 bits per heavy atom. The first-order chi connectivity index (χ1) is 18.8. The molecule has 40 heavy (non-hydrogen) atoms. The fraction of sp³-hybridized carbons (Fsp3) is 0.600. The lowest BCUT2D eigenvalue weighted by atomic mass is 9.98. The van der Waals surface area contributed by atoms with Crippen molar-refractivity contribution in [2.24, 2.45) is 5.41 Å². The molecule has 2 heterocycles. The van der Waals surface area contributed by atoms with Crippen LogP contribution in [0.5, 0.6) is 0 Å². The van der Waals surface area contributed by atoms with Gasteiger partial charge in [0.2, 0.25) is 11.8 Å². The second kappa shape index (κ2) is 11.8. The molecule has 9 nitrogen and oxygen atoms in total. The van der Waals surface area contributed by atoms with Gasteiger partial charge in [0.25, 0.3) is 5.91 Å². The van der Waals surface area contributed by atoms with Crippen molar-refractivity contribution in [2.75, 3.05) is 11.9 Å². The summed E-state index contributed by atoms with van der Waals surface area (Å²) in [5.74, 6) is -0.984. The highest BCUT2D eigenvalue weighted by Gasteiger charge is 2.69. The van der Waals surface area contributed by atoms with E-state index in [1.807, 2.05) is 13.0 Å². The largest absolute Gasteiger partial charge is 0.444 e. The third-order valence-corrected chi connectivity index (χ3v) is 8.20. The first-order valence-corrected chi connectivity index (χ1v) is 14.6. The quantitative estimate of drug-likeness (QED) is 0.443. The number of anilines is 1. The molecule has 0 aromatic heterocycles. The lowest BCUT2D eigenvalue weighted by Gasteiger charge is -2.31. The number of hydrogen-bond acceptors (Lipinski definition) is 5. The van der Waals surface area contributed by atoms with Gasteiger partial charge in [-0.25, -0.2) is 4.79 Å². The maximum atomic E-state index is 13.7. The standard InChI is InChI=1S/C30H41ClN4O5/c1-28(2,3)40-27(39)33-22-14-8-6-5-7-9-16-29(4)19-30(29,26(38)32-21-13-10-12-20(31)18-21)34-24(36)23-15-11-17-35(23)25(22)37/h9-10,12-13,16,18,22-23H,5-8,11,14-15,17,19H2,1-4H3,(H,32,38)(H,33,39)(H,34,36)/b16-9-/t22-,23-,29?,30-/m0/s1. The highest BCUT2D eigenvalue weighted by molar-refractivity contribution is 6.31. The molecule has 1 aromatic rings. The molecule has 0 radical (unpaired) electrons. The van der Waals surface area contributed by atoms with Gasteiger partial charge in [-0.2, -0.15) is 0 Å². The van der Waals surface area contributed by atoms with Gasteiger partial charge in [0, 0.05) is 22.7 Å². The van der Waals surface area contributed by atoms with Crippen LogP contribution in [0.1, 0.15) is 79.1 Å². The molecule has 3 N–H and O–H groups in total. The maximum Gasteiger partial charge on any atom is 0.408 e. The molecule has 1 aliphatic carbocycles. The predicted molar refractivity (Wildman–Crippen MR) is 154 cm³/mol. The van der Waals surface area contributed by atoms with Crippen LogP contribution in [0.15, 0.2) is 36.4 Å². The number of carbonyl (C=O) groups is 4. The number of allylic oxidation sites excluding steroid dienone is 1. The molecule has 1 aromatic carbocycles. The summed E-state index contributed by atoms with van der Waals surface area (Å²) in [6.45, 7) is 7.68. The molecule has 10 heteroatoms. The van der Waals surface area contributed by atoms with E-state index in [0.717, 1.165) is 25.7 Å². The molecule has 3 aliphatic rings. The molecular weight excluding hydrogens is 532 g/mol. The number of carbonyl (C=O) groups excluding carboxylic acids is 4. The summed E-state index contributed by atoms with van der Waals surface area (Å²) < 4.78 is 5.41. The van der Waals surface area contributed by atoms with Crippen molar-refractivity contribution >= 4 is 41.1 Å². The van der Waals surface area contributed by atoms with Gasteiger partial charge in [0.15, 0.2) is 0 Å². The summed E-state index contributed by atoms with van der Waals surface area (Å²) in [5.41, 5.74) is -1.88. The third kappa shape index (κ3) is 6.79. The van der Waals surface area contributed by atoms with Gasteiger partial charge in [0.1, 0.15) is 23.2 Å². The van der Waals surface area contributed by atoms with Gasteiger partial charge in [-0.05, 0) is 77.5 Å². The van der Waals surface area contributed by atoms with Crippen molar-refractivity contribution in [1.82, 2.24) is 15.5 Å². The van der Waals surface area contributed by atoms with E-state index in [0.29, 0.717) is 42.9 Å². The topological polar surface area (TPSA) is 117 Å². The number of hydrogen-bond donors (Lipinski definition) is 3. The molecule has 4 atom stereocenters. The Morgan fingerprint density at radius 2 is 1.90 bits per heavy atom. The zero-order chi connectivity index (χ0) is 29.1. The number of nitrogens with zero attached hydrogens (tertiary/aromatic N) is 1. The monoisotopic (exact) mass is 572 g/mol. The van der Waals surface area contributed by atoms with Crippen LogP contribution in [0, 0.1) is 5.41 Å². The Bertz CT molecular complexity index is 1180. The summed E-state index contributed by atoms with van der Waals surface area (Å²) in [6, 6.07) is 5.36. The van der Waals surface area contributed by atoms with Gasteiger partial charge in [0.05, 0.1) is 0 Å². The van der Waals surface area contributed by atoms with Crippen LogP contribution < -0.4 is 16.0 Å². The highest BCUT2D eigenvalue weighted by Crippen LogP contribution is 2.58. The smallest absolute Gasteiger partial charge is 0.408 e. The predicted octanol–water partition coefficient (Wildman–Crippen LogP) is 4.95. The number of ether oxygens (including phenoxy) is 1. The molecule has 218 valence electrons. The molecule has 1 unspecified atom stereocenters. The highest BCUT2D eigenvalue weighted by atomic mass is 35.5. The van der Waals surface area contributed by atoms with Crippen molar-refractivity contribution in [2.45, 2.75) is 102 Å². The molecule has 2 fully saturated rings. The third-order valence-electron chi connectivity index (χ3n) is 7.97. The van der Waals surface area contributed by atoms with Crippen LogP contribution in [0.2, 0.25) is 5.02 Å². The molecule has 2 aliphatic heterocycles. The molecule has 0 bridgehead atoms. The Balaban J connectivity index is 1.58. The number of nitrogens with one attached hydrogen (secondary N) is 3. The fourth-order valence-electron chi connectivity index (χ4n) is 5.73. The molecule has 4 rings (SSSR count). The second-order valence-corrected chi connectivity index (χ2v) is 12.8. The molecule has 4 amide bonds. The average molecular weight is 573 g/mol. The van der Waals surface area contributed by atoms with Crippen molar-refractivity contribution in [1.29, 1.82) is 0 Å². The summed E-state index contributed by atoms with van der Waals surface area (Å²) >= 11 is 6.12. The van der Waals surface area contributed by atoms with E-state index in [1.165, 1.54) is 0 Å². The number of benzene rings is 1. The summed E-state index contributed by atoms with van der Waals surface area (Å²) in [7, 11) is 0. The van der Waals surface area contributed by atoms with E-state index in [2.05, 4.69) is 22.0 Å². The van der Waals surface area contributed by atoms with E-state index in [1.54, 1.807) is 49.9 Å². The van der Waals surface area contributed by atoms with Crippen molar-refractivity contribution in [3.05, 3.63) is 41.4 Å². The van der Waals surface area contributed by atoms with Gasteiger partial charge in [-0.15, -0.1) is 0 Å². The zero-order valence-corrected chi connectivity index (χ0v) is 24.6. The van der Waals surface area contributed by atoms with Crippen molar-refractivity contribution < 1.29 is 23.9 Å². The molecular formula is C30H41ClN4O5. The van der Waals surface area contributed by atoms with E-state index < -0.39 is 34.7 Å². The Labute approximate surface area is 241 Å². The van der Waals surface area contributed by atoms with Crippen molar-refractivity contribution in [3.8, 4) is 0 Å². The minimum absolute atomic E-state index is 0.299. The lowest BCUT2D eigenvalue weighted by molar-refractivity contribution is -0.141. The number of fused-ring (bicyclic) bond motifs is 2. The first-order valence-electron chi connectivity index (χ1n) is 14.2. The second-order valence-electron chi connectivity index (χ2n) is 12.4. The summed E-state index contributed by atoms with van der Waals surface area (Å²) in [6.07, 6.45) is 8.82. The normalized spacial score (nSPS) is 30.1. The van der Waals surface area contributed by atoms with E-state index in [4.69, 9.17) is 16.3 Å². The number of alkyl carbamates (subject to hydrolysis) is 1. The fourth-order valence-corrected chi connectivity index (χ4v) is 5.92. The molecule has 1 saturated heterocycles. The number of amides is 4. The first kappa shape index (κ1) is 29.9. The van der Waals surface area contributed by atoms with Gasteiger partial charge < -0.3 is 25.6 Å². The van der Waals surface area contributed by atoms with E-state index >= 15 is 0 Å². The Morgan fingerprint density at radius 1 is 1.12 bits per heavy atom. The van der Waals surface area contributed by atoms with E-state index in [9.17, 15) is 19.2 Å². The van der Waals surface area contributed by atoms with Gasteiger partial charge in [-0.3, -0.25) is 14.4 Å². The number of halogens is 1. The lowest BCUT2D eigenvalue weighted by Crippen LogP contribution is -2.57. The molecule has 0 spiro atoms. The minimum Gasteiger partial charge on any atom is -0.444 e. The van der Waals surface area contributed by atoms with E-state index in [-0.39, 0.29) is 17.7 Å².